The summed E-state index contributed by atoms with van der Waals surface area (Å²) in [6, 6.07) is 6.65. The molecule has 0 fully saturated rings. The average Bonchev–Trinajstić information content (AvgIpc) is 2.48. The summed E-state index contributed by atoms with van der Waals surface area (Å²) in [4.78, 5) is 11.0. The highest BCUT2D eigenvalue weighted by Crippen LogP contribution is 2.24. The van der Waals surface area contributed by atoms with E-state index in [9.17, 15) is 22.0 Å². The molecule has 0 atom stereocenters. The zero-order valence-corrected chi connectivity index (χ0v) is 13.2. The smallest absolute Gasteiger partial charge is 0.264 e. The Morgan fingerprint density at radius 3 is 2.43 bits per heavy atom. The SMILES string of the molecule is CNC(=O)c1cccc(NS(=O)(=O)c2ccc(F)cc2F)c1C. The Morgan fingerprint density at radius 2 is 1.83 bits per heavy atom. The molecule has 0 unspecified atom stereocenters. The van der Waals surface area contributed by atoms with Gasteiger partial charge in [-0.25, -0.2) is 17.2 Å². The third-order valence-electron chi connectivity index (χ3n) is 3.23. The van der Waals surface area contributed by atoms with Gasteiger partial charge in [0.05, 0.1) is 5.69 Å². The summed E-state index contributed by atoms with van der Waals surface area (Å²) in [5, 5.41) is 2.44. The molecule has 0 spiro atoms. The lowest BCUT2D eigenvalue weighted by Gasteiger charge is -2.13. The zero-order chi connectivity index (χ0) is 17.2. The van der Waals surface area contributed by atoms with Crippen LogP contribution in [0.5, 0.6) is 0 Å². The molecule has 0 bridgehead atoms. The number of sulfonamides is 1. The van der Waals surface area contributed by atoms with Crippen LogP contribution >= 0.6 is 0 Å². The lowest BCUT2D eigenvalue weighted by Crippen LogP contribution is -2.20. The molecule has 0 radical (unpaired) electrons. The molecular weight excluding hydrogens is 326 g/mol. The van der Waals surface area contributed by atoms with Crippen LogP contribution in [0, 0.1) is 18.6 Å². The molecule has 2 rings (SSSR count). The summed E-state index contributed by atoms with van der Waals surface area (Å²) in [5.41, 5.74) is 0.806. The summed E-state index contributed by atoms with van der Waals surface area (Å²) in [7, 11) is -2.80. The molecule has 2 aromatic rings. The van der Waals surface area contributed by atoms with Crippen molar-refractivity contribution in [2.45, 2.75) is 11.8 Å². The van der Waals surface area contributed by atoms with Crippen LogP contribution in [0.15, 0.2) is 41.3 Å². The predicted molar refractivity (Wildman–Crippen MR) is 81.7 cm³/mol. The van der Waals surface area contributed by atoms with E-state index in [0.717, 1.165) is 12.1 Å². The first-order valence-corrected chi connectivity index (χ1v) is 8.04. The highest BCUT2D eigenvalue weighted by atomic mass is 32.2. The molecule has 1 amide bonds. The zero-order valence-electron chi connectivity index (χ0n) is 12.4. The summed E-state index contributed by atoms with van der Waals surface area (Å²) < 4.78 is 53.3. The standard InChI is InChI=1S/C15H14F2N2O3S/c1-9-11(15(20)18-2)4-3-5-13(9)19-23(21,22)14-7-6-10(16)8-12(14)17/h3-8,19H,1-2H3,(H,18,20). The number of carbonyl (C=O) groups excluding carboxylic acids is 1. The van der Waals surface area contributed by atoms with Gasteiger partial charge < -0.3 is 5.32 Å². The first-order valence-electron chi connectivity index (χ1n) is 6.56. The van der Waals surface area contributed by atoms with E-state index in [-0.39, 0.29) is 17.2 Å². The maximum Gasteiger partial charge on any atom is 0.264 e. The normalized spacial score (nSPS) is 11.1. The van der Waals surface area contributed by atoms with Gasteiger partial charge in [0.25, 0.3) is 15.9 Å². The Hall–Kier alpha value is -2.48. The lowest BCUT2D eigenvalue weighted by atomic mass is 10.1. The van der Waals surface area contributed by atoms with Crippen LogP contribution in [-0.4, -0.2) is 21.4 Å². The maximum absolute atomic E-state index is 13.7. The minimum Gasteiger partial charge on any atom is -0.355 e. The van der Waals surface area contributed by atoms with Crippen molar-refractivity contribution in [1.82, 2.24) is 5.32 Å². The Bertz CT molecular complexity index is 867. The van der Waals surface area contributed by atoms with Crippen LogP contribution in [0.2, 0.25) is 0 Å². The van der Waals surface area contributed by atoms with Gasteiger partial charge in [-0.1, -0.05) is 6.07 Å². The van der Waals surface area contributed by atoms with Crippen molar-refractivity contribution in [3.05, 3.63) is 59.2 Å². The Kier molecular flexibility index (Phi) is 4.65. The van der Waals surface area contributed by atoms with Crippen molar-refractivity contribution in [3.8, 4) is 0 Å². The lowest BCUT2D eigenvalue weighted by molar-refractivity contribution is 0.0962. The molecule has 0 aromatic heterocycles. The fourth-order valence-electron chi connectivity index (χ4n) is 2.02. The summed E-state index contributed by atoms with van der Waals surface area (Å²) in [5.74, 6) is -2.45. The van der Waals surface area contributed by atoms with Gasteiger partial charge >= 0.3 is 0 Å². The number of halogens is 2. The van der Waals surface area contributed by atoms with E-state index in [4.69, 9.17) is 0 Å². The highest BCUT2D eigenvalue weighted by molar-refractivity contribution is 7.92. The van der Waals surface area contributed by atoms with E-state index >= 15 is 0 Å². The molecule has 2 aromatic carbocycles. The minimum atomic E-state index is -4.26. The second-order valence-corrected chi connectivity index (χ2v) is 6.39. The number of hydrogen-bond donors (Lipinski definition) is 2. The quantitative estimate of drug-likeness (QED) is 0.898. The summed E-state index contributed by atoms with van der Waals surface area (Å²) >= 11 is 0. The van der Waals surface area contributed by atoms with Gasteiger partial charge in [-0.15, -0.1) is 0 Å². The van der Waals surface area contributed by atoms with E-state index in [2.05, 4.69) is 10.0 Å². The van der Waals surface area contributed by atoms with Gasteiger partial charge in [0.15, 0.2) is 0 Å². The number of carbonyl (C=O) groups is 1. The second kappa shape index (κ2) is 6.33. The van der Waals surface area contributed by atoms with E-state index < -0.39 is 26.6 Å². The molecule has 23 heavy (non-hydrogen) atoms. The van der Waals surface area contributed by atoms with Crippen molar-refractivity contribution in [3.63, 3.8) is 0 Å². The van der Waals surface area contributed by atoms with E-state index in [0.29, 0.717) is 11.6 Å². The van der Waals surface area contributed by atoms with Gasteiger partial charge in [-0.3, -0.25) is 9.52 Å². The monoisotopic (exact) mass is 340 g/mol. The molecule has 5 nitrogen and oxygen atoms in total. The number of hydrogen-bond acceptors (Lipinski definition) is 3. The molecule has 0 saturated heterocycles. The maximum atomic E-state index is 13.7. The molecule has 122 valence electrons. The number of nitrogens with one attached hydrogen (secondary N) is 2. The van der Waals surface area contributed by atoms with Gasteiger partial charge in [0, 0.05) is 18.7 Å². The van der Waals surface area contributed by atoms with E-state index in [1.165, 1.54) is 25.2 Å². The summed E-state index contributed by atoms with van der Waals surface area (Å²) in [6.07, 6.45) is 0. The predicted octanol–water partition coefficient (Wildman–Crippen LogP) is 2.43. The Morgan fingerprint density at radius 1 is 1.13 bits per heavy atom. The van der Waals surface area contributed by atoms with Crippen LogP contribution in [0.3, 0.4) is 0 Å². The topological polar surface area (TPSA) is 75.3 Å². The van der Waals surface area contributed by atoms with Gasteiger partial charge in [0.2, 0.25) is 0 Å². The Labute approximate surface area is 132 Å². The van der Waals surface area contributed by atoms with Crippen LogP contribution in [0.4, 0.5) is 14.5 Å². The first kappa shape index (κ1) is 16.9. The second-order valence-electron chi connectivity index (χ2n) is 4.74. The van der Waals surface area contributed by atoms with Crippen LogP contribution in [-0.2, 0) is 10.0 Å². The molecule has 0 heterocycles. The van der Waals surface area contributed by atoms with Crippen LogP contribution < -0.4 is 10.0 Å². The largest absolute Gasteiger partial charge is 0.355 e. The molecular formula is C15H14F2N2O3S. The highest BCUT2D eigenvalue weighted by Gasteiger charge is 2.21. The van der Waals surface area contributed by atoms with Crippen molar-refractivity contribution in [2.24, 2.45) is 0 Å². The van der Waals surface area contributed by atoms with Crippen LogP contribution in [0.1, 0.15) is 15.9 Å². The number of anilines is 1. The van der Waals surface area contributed by atoms with Crippen molar-refractivity contribution in [2.75, 3.05) is 11.8 Å². The molecule has 8 heteroatoms. The van der Waals surface area contributed by atoms with Crippen molar-refractivity contribution < 1.29 is 22.0 Å². The van der Waals surface area contributed by atoms with Gasteiger partial charge in [0.1, 0.15) is 16.5 Å². The van der Waals surface area contributed by atoms with E-state index in [1.54, 1.807) is 6.92 Å². The van der Waals surface area contributed by atoms with Crippen molar-refractivity contribution >= 4 is 21.6 Å². The Balaban J connectivity index is 2.44. The van der Waals surface area contributed by atoms with Crippen LogP contribution in [0.25, 0.3) is 0 Å². The average molecular weight is 340 g/mol. The van der Waals surface area contributed by atoms with E-state index in [1.807, 2.05) is 0 Å². The van der Waals surface area contributed by atoms with Gasteiger partial charge in [-0.2, -0.15) is 0 Å². The van der Waals surface area contributed by atoms with Crippen molar-refractivity contribution in [1.29, 1.82) is 0 Å². The fraction of sp³-hybridized carbons (Fsp3) is 0.133. The molecule has 0 saturated carbocycles. The number of benzene rings is 2. The molecule has 2 N–H and O–H groups in total. The first-order chi connectivity index (χ1) is 10.8. The number of amides is 1. The molecule has 0 aliphatic rings. The third kappa shape index (κ3) is 3.48. The summed E-state index contributed by atoms with van der Waals surface area (Å²) in [6.45, 7) is 1.56. The number of rotatable bonds is 4. The molecule has 0 aliphatic heterocycles. The van der Waals surface area contributed by atoms with Gasteiger partial charge in [-0.05, 0) is 36.8 Å². The molecule has 0 aliphatic carbocycles. The fourth-order valence-corrected chi connectivity index (χ4v) is 3.20. The third-order valence-corrected chi connectivity index (χ3v) is 4.63. The minimum absolute atomic E-state index is 0.134.